The van der Waals surface area contributed by atoms with Gasteiger partial charge in [-0.1, -0.05) is 55.5 Å². The van der Waals surface area contributed by atoms with Crippen LogP contribution >= 0.6 is 0 Å². The third-order valence-electron chi connectivity index (χ3n) is 4.98. The Balaban J connectivity index is 1.80. The molecule has 0 aromatic heterocycles. The van der Waals surface area contributed by atoms with Gasteiger partial charge in [0.15, 0.2) is 0 Å². The molecule has 0 aliphatic rings. The molecule has 0 bridgehead atoms. The minimum atomic E-state index is -0.860. The Kier molecular flexibility index (Phi) is 8.18. The van der Waals surface area contributed by atoms with Crippen molar-refractivity contribution in [2.45, 2.75) is 19.8 Å². The number of carbonyl (C=O) groups is 3. The Hall–Kier alpha value is -4.13. The lowest BCUT2D eigenvalue weighted by Gasteiger charge is -2.16. The minimum absolute atomic E-state index is 0.179. The third kappa shape index (κ3) is 6.67. The van der Waals surface area contributed by atoms with Crippen LogP contribution in [-0.4, -0.2) is 29.9 Å². The molecule has 7 heteroatoms. The monoisotopic (exact) mass is 447 g/mol. The van der Waals surface area contributed by atoms with Crippen LogP contribution in [0.1, 0.15) is 19.8 Å². The standard InChI is InChI=1S/C26H25NO6/c1-18(26(30)31)8-7-15-32-24-16-20(13-14-22(24)27-25(29)17-28)33-23-12-6-5-11-21(23)19-9-3-2-4-10-19/h2-6,9-14,16-18H,7-8,15H2,1H3,(H,27,29)(H,30,31). The Bertz CT molecular complexity index is 1110. The summed E-state index contributed by atoms with van der Waals surface area (Å²) in [5, 5.41) is 11.5. The van der Waals surface area contributed by atoms with Crippen LogP contribution in [0.3, 0.4) is 0 Å². The molecule has 2 N–H and O–H groups in total. The summed E-state index contributed by atoms with van der Waals surface area (Å²) in [5.41, 5.74) is 2.25. The highest BCUT2D eigenvalue weighted by atomic mass is 16.5. The first kappa shape index (κ1) is 23.5. The van der Waals surface area contributed by atoms with E-state index < -0.39 is 17.8 Å². The van der Waals surface area contributed by atoms with E-state index in [0.717, 1.165) is 11.1 Å². The number of hydrogen-bond donors (Lipinski definition) is 2. The van der Waals surface area contributed by atoms with Crippen molar-refractivity contribution in [3.05, 3.63) is 72.8 Å². The lowest BCUT2D eigenvalue weighted by Crippen LogP contribution is -2.14. The molecule has 0 aliphatic carbocycles. The van der Waals surface area contributed by atoms with Gasteiger partial charge < -0.3 is 19.9 Å². The fraction of sp³-hybridized carbons (Fsp3) is 0.192. The average molecular weight is 447 g/mol. The van der Waals surface area contributed by atoms with Crippen molar-refractivity contribution in [3.63, 3.8) is 0 Å². The molecule has 3 rings (SSSR count). The van der Waals surface area contributed by atoms with Crippen molar-refractivity contribution in [1.82, 2.24) is 0 Å². The van der Waals surface area contributed by atoms with Crippen LogP contribution in [0.15, 0.2) is 72.8 Å². The predicted molar refractivity (Wildman–Crippen MR) is 125 cm³/mol. The average Bonchev–Trinajstić information content (AvgIpc) is 2.83. The molecular weight excluding hydrogens is 422 g/mol. The number of nitrogens with one attached hydrogen (secondary N) is 1. The highest BCUT2D eigenvalue weighted by Gasteiger charge is 2.13. The number of benzene rings is 3. The number of hydrogen-bond acceptors (Lipinski definition) is 5. The van der Waals surface area contributed by atoms with E-state index in [2.05, 4.69) is 5.32 Å². The van der Waals surface area contributed by atoms with Gasteiger partial charge in [-0.3, -0.25) is 14.4 Å². The molecule has 1 amide bonds. The molecule has 0 saturated heterocycles. The summed E-state index contributed by atoms with van der Waals surface area (Å²) in [6.07, 6.45) is 1.14. The fourth-order valence-electron chi connectivity index (χ4n) is 3.18. The van der Waals surface area contributed by atoms with E-state index in [4.69, 9.17) is 14.6 Å². The van der Waals surface area contributed by atoms with E-state index in [1.807, 2.05) is 54.6 Å². The van der Waals surface area contributed by atoms with Crippen molar-refractivity contribution in [3.8, 4) is 28.4 Å². The number of carbonyl (C=O) groups excluding carboxylic acids is 2. The summed E-state index contributed by atoms with van der Waals surface area (Å²) in [6.45, 7) is 1.88. The van der Waals surface area contributed by atoms with E-state index in [-0.39, 0.29) is 12.9 Å². The first-order chi connectivity index (χ1) is 16.0. The number of anilines is 1. The topological polar surface area (TPSA) is 102 Å². The summed E-state index contributed by atoms with van der Waals surface area (Å²) < 4.78 is 11.9. The quantitative estimate of drug-likeness (QED) is 0.239. The van der Waals surface area contributed by atoms with E-state index in [1.54, 1.807) is 25.1 Å². The molecule has 1 unspecified atom stereocenters. The zero-order valence-corrected chi connectivity index (χ0v) is 18.2. The molecule has 0 fully saturated rings. The molecule has 7 nitrogen and oxygen atoms in total. The summed E-state index contributed by atoms with van der Waals surface area (Å²) in [6, 6.07) is 22.4. The minimum Gasteiger partial charge on any atom is -0.491 e. The van der Waals surface area contributed by atoms with Crippen LogP contribution in [0.4, 0.5) is 5.69 Å². The number of ether oxygens (including phenoxy) is 2. The first-order valence-corrected chi connectivity index (χ1v) is 10.6. The van der Waals surface area contributed by atoms with Gasteiger partial charge >= 0.3 is 5.97 Å². The van der Waals surface area contributed by atoms with Crippen molar-refractivity contribution in [2.75, 3.05) is 11.9 Å². The first-order valence-electron chi connectivity index (χ1n) is 10.6. The van der Waals surface area contributed by atoms with Crippen molar-refractivity contribution in [2.24, 2.45) is 5.92 Å². The Morgan fingerprint density at radius 2 is 1.73 bits per heavy atom. The van der Waals surface area contributed by atoms with Crippen LogP contribution in [0.2, 0.25) is 0 Å². The van der Waals surface area contributed by atoms with Crippen LogP contribution in [0.5, 0.6) is 17.2 Å². The predicted octanol–water partition coefficient (Wildman–Crippen LogP) is 5.16. The van der Waals surface area contributed by atoms with Gasteiger partial charge in [-0.05, 0) is 36.6 Å². The molecule has 3 aromatic carbocycles. The normalized spacial score (nSPS) is 11.3. The van der Waals surface area contributed by atoms with Gasteiger partial charge in [-0.2, -0.15) is 0 Å². The van der Waals surface area contributed by atoms with Crippen molar-refractivity contribution in [1.29, 1.82) is 0 Å². The van der Waals surface area contributed by atoms with Gasteiger partial charge in [0.1, 0.15) is 17.2 Å². The molecule has 33 heavy (non-hydrogen) atoms. The zero-order valence-electron chi connectivity index (χ0n) is 18.2. The van der Waals surface area contributed by atoms with Crippen LogP contribution < -0.4 is 14.8 Å². The number of aldehydes is 1. The van der Waals surface area contributed by atoms with Crippen LogP contribution in [0, 0.1) is 5.92 Å². The van der Waals surface area contributed by atoms with Gasteiger partial charge in [0.05, 0.1) is 18.2 Å². The maximum absolute atomic E-state index is 11.6. The van der Waals surface area contributed by atoms with E-state index in [9.17, 15) is 14.4 Å². The molecule has 0 radical (unpaired) electrons. The molecule has 0 spiro atoms. The Morgan fingerprint density at radius 1 is 1.00 bits per heavy atom. The van der Waals surface area contributed by atoms with Gasteiger partial charge in [0.2, 0.25) is 6.29 Å². The Morgan fingerprint density at radius 3 is 2.45 bits per heavy atom. The molecule has 0 saturated carbocycles. The second-order valence-corrected chi connectivity index (χ2v) is 7.46. The number of para-hydroxylation sites is 1. The summed E-state index contributed by atoms with van der Waals surface area (Å²) >= 11 is 0. The number of rotatable bonds is 11. The maximum atomic E-state index is 11.6. The van der Waals surface area contributed by atoms with E-state index in [1.165, 1.54) is 0 Å². The highest BCUT2D eigenvalue weighted by molar-refractivity contribution is 6.29. The number of amides is 1. The van der Waals surface area contributed by atoms with Gasteiger partial charge in [0, 0.05) is 11.6 Å². The molecule has 0 heterocycles. The largest absolute Gasteiger partial charge is 0.491 e. The smallest absolute Gasteiger partial charge is 0.306 e. The fourth-order valence-corrected chi connectivity index (χ4v) is 3.18. The molecule has 0 aliphatic heterocycles. The number of aliphatic carboxylic acids is 1. The van der Waals surface area contributed by atoms with Crippen molar-refractivity contribution >= 4 is 23.9 Å². The molecule has 1 atom stereocenters. The Labute approximate surface area is 192 Å². The number of carboxylic acid groups (broad SMARTS) is 1. The summed E-state index contributed by atoms with van der Waals surface area (Å²) in [7, 11) is 0. The van der Waals surface area contributed by atoms with Crippen molar-refractivity contribution < 1.29 is 29.0 Å². The second kappa shape index (κ2) is 11.5. The van der Waals surface area contributed by atoms with Gasteiger partial charge in [0.25, 0.3) is 5.91 Å². The summed E-state index contributed by atoms with van der Waals surface area (Å²) in [5.74, 6) is -0.690. The lowest BCUT2D eigenvalue weighted by atomic mass is 10.0. The van der Waals surface area contributed by atoms with Crippen LogP contribution in [-0.2, 0) is 14.4 Å². The van der Waals surface area contributed by atoms with Crippen LogP contribution in [0.25, 0.3) is 11.1 Å². The van der Waals surface area contributed by atoms with E-state index >= 15 is 0 Å². The summed E-state index contributed by atoms with van der Waals surface area (Å²) in [4.78, 5) is 33.3. The molecule has 3 aromatic rings. The SMILES string of the molecule is CC(CCCOc1cc(Oc2ccccc2-c2ccccc2)ccc1NC(=O)C=O)C(=O)O. The van der Waals surface area contributed by atoms with Gasteiger partial charge in [-0.15, -0.1) is 0 Å². The molecular formula is C26H25NO6. The van der Waals surface area contributed by atoms with Gasteiger partial charge in [-0.25, -0.2) is 0 Å². The molecule has 170 valence electrons. The lowest BCUT2D eigenvalue weighted by molar-refractivity contribution is -0.141. The number of carboxylic acids is 1. The zero-order chi connectivity index (χ0) is 23.6. The highest BCUT2D eigenvalue weighted by Crippen LogP contribution is 2.36. The second-order valence-electron chi connectivity index (χ2n) is 7.46. The van der Waals surface area contributed by atoms with E-state index in [0.29, 0.717) is 35.8 Å². The third-order valence-corrected chi connectivity index (χ3v) is 4.98. The maximum Gasteiger partial charge on any atom is 0.306 e.